The summed E-state index contributed by atoms with van der Waals surface area (Å²) in [6.07, 6.45) is 1.73. The normalized spacial score (nSPS) is 13.1. The van der Waals surface area contributed by atoms with Crippen LogP contribution in [-0.2, 0) is 0 Å². The van der Waals surface area contributed by atoms with Crippen molar-refractivity contribution in [1.29, 1.82) is 0 Å². The zero-order valence-corrected chi connectivity index (χ0v) is 8.73. The van der Waals surface area contributed by atoms with Crippen LogP contribution in [0.25, 0.3) is 0 Å². The summed E-state index contributed by atoms with van der Waals surface area (Å²) in [6, 6.07) is 2.00. The van der Waals surface area contributed by atoms with Crippen LogP contribution >= 0.6 is 22.9 Å². The van der Waals surface area contributed by atoms with Crippen molar-refractivity contribution in [3.63, 3.8) is 0 Å². The number of aryl methyl sites for hydroxylation is 1. The Labute approximate surface area is 84.4 Å². The number of hydrogen-bond donors (Lipinski definition) is 1. The minimum Gasteiger partial charge on any atom is -0.319 e. The van der Waals surface area contributed by atoms with Gasteiger partial charge in [-0.3, -0.25) is 0 Å². The van der Waals surface area contributed by atoms with Crippen molar-refractivity contribution in [3.05, 3.63) is 33.0 Å². The summed E-state index contributed by atoms with van der Waals surface area (Å²) in [5.74, 6) is 0. The molecule has 0 aromatic carbocycles. The van der Waals surface area contributed by atoms with Crippen LogP contribution in [0.4, 0.5) is 0 Å². The topological polar surface area (TPSA) is 51.8 Å². The average Bonchev–Trinajstić information content (AvgIpc) is 2.72. The first-order valence-corrected chi connectivity index (χ1v) is 5.51. The zero-order chi connectivity index (χ0) is 9.26. The molecule has 0 radical (unpaired) electrons. The molecule has 2 aromatic heterocycles. The first kappa shape index (κ1) is 8.80. The Bertz CT molecular complexity index is 380. The molecule has 0 fully saturated rings. The van der Waals surface area contributed by atoms with E-state index in [1.54, 1.807) is 17.5 Å². The standard InChI is InChI=1S/C8H9N3S2/c1-5-6(2-3-12-5)8(9)7-4-10-11-13-7/h2-4,8H,9H2,1H3. The van der Waals surface area contributed by atoms with Gasteiger partial charge < -0.3 is 5.73 Å². The van der Waals surface area contributed by atoms with Crippen molar-refractivity contribution in [3.8, 4) is 0 Å². The zero-order valence-electron chi connectivity index (χ0n) is 7.10. The highest BCUT2D eigenvalue weighted by atomic mass is 32.1. The van der Waals surface area contributed by atoms with Crippen molar-refractivity contribution >= 4 is 22.9 Å². The molecular formula is C8H9N3S2. The molecule has 0 aliphatic heterocycles. The van der Waals surface area contributed by atoms with Gasteiger partial charge in [-0.1, -0.05) is 4.49 Å². The summed E-state index contributed by atoms with van der Waals surface area (Å²) < 4.78 is 3.80. The monoisotopic (exact) mass is 211 g/mol. The number of thiophene rings is 1. The van der Waals surface area contributed by atoms with Crippen molar-refractivity contribution in [2.75, 3.05) is 0 Å². The summed E-state index contributed by atoms with van der Waals surface area (Å²) >= 11 is 3.07. The van der Waals surface area contributed by atoms with Crippen LogP contribution in [0.2, 0.25) is 0 Å². The van der Waals surface area contributed by atoms with Gasteiger partial charge in [0.25, 0.3) is 0 Å². The SMILES string of the molecule is Cc1sccc1C(N)c1cnns1. The molecule has 0 saturated heterocycles. The number of hydrogen-bond acceptors (Lipinski definition) is 5. The number of nitrogens with zero attached hydrogens (tertiary/aromatic N) is 2. The van der Waals surface area contributed by atoms with E-state index in [4.69, 9.17) is 5.73 Å². The molecule has 1 unspecified atom stereocenters. The van der Waals surface area contributed by atoms with E-state index >= 15 is 0 Å². The molecule has 0 spiro atoms. The lowest BCUT2D eigenvalue weighted by molar-refractivity contribution is 0.886. The van der Waals surface area contributed by atoms with E-state index < -0.39 is 0 Å². The van der Waals surface area contributed by atoms with Crippen molar-refractivity contribution < 1.29 is 0 Å². The second-order valence-electron chi connectivity index (χ2n) is 2.73. The Morgan fingerprint density at radius 2 is 2.38 bits per heavy atom. The molecule has 13 heavy (non-hydrogen) atoms. The molecule has 68 valence electrons. The lowest BCUT2D eigenvalue weighted by Crippen LogP contribution is -2.10. The van der Waals surface area contributed by atoms with E-state index in [-0.39, 0.29) is 6.04 Å². The third-order valence-corrected chi connectivity index (χ3v) is 3.53. The maximum Gasteiger partial charge on any atom is 0.0689 e. The van der Waals surface area contributed by atoms with Crippen LogP contribution in [0.5, 0.6) is 0 Å². The van der Waals surface area contributed by atoms with E-state index in [1.807, 2.05) is 0 Å². The van der Waals surface area contributed by atoms with Gasteiger partial charge in [-0.25, -0.2) is 0 Å². The number of nitrogens with two attached hydrogens (primary N) is 1. The van der Waals surface area contributed by atoms with Crippen LogP contribution in [0.1, 0.15) is 21.4 Å². The Kier molecular flexibility index (Phi) is 2.39. The summed E-state index contributed by atoms with van der Waals surface area (Å²) in [5, 5.41) is 5.83. The lowest BCUT2D eigenvalue weighted by Gasteiger charge is -2.06. The largest absolute Gasteiger partial charge is 0.319 e. The maximum atomic E-state index is 6.04. The van der Waals surface area contributed by atoms with Crippen molar-refractivity contribution in [2.45, 2.75) is 13.0 Å². The quantitative estimate of drug-likeness (QED) is 0.826. The number of aromatic nitrogens is 2. The number of rotatable bonds is 2. The first-order chi connectivity index (χ1) is 6.29. The molecule has 0 saturated carbocycles. The van der Waals surface area contributed by atoms with Crippen LogP contribution in [0.15, 0.2) is 17.6 Å². The maximum absolute atomic E-state index is 6.04. The molecule has 2 rings (SSSR count). The Balaban J connectivity index is 2.33. The van der Waals surface area contributed by atoms with Gasteiger partial charge in [0.2, 0.25) is 0 Å². The van der Waals surface area contributed by atoms with Crippen LogP contribution < -0.4 is 5.73 Å². The minimum atomic E-state index is -0.0637. The molecular weight excluding hydrogens is 202 g/mol. The fourth-order valence-corrected chi connectivity index (χ4v) is 2.46. The van der Waals surface area contributed by atoms with Gasteiger partial charge in [-0.15, -0.1) is 16.4 Å². The van der Waals surface area contributed by atoms with Crippen LogP contribution in [0.3, 0.4) is 0 Å². The molecule has 2 aromatic rings. The van der Waals surface area contributed by atoms with Gasteiger partial charge >= 0.3 is 0 Å². The van der Waals surface area contributed by atoms with E-state index in [0.29, 0.717) is 0 Å². The smallest absolute Gasteiger partial charge is 0.0689 e. The molecule has 3 nitrogen and oxygen atoms in total. The van der Waals surface area contributed by atoms with Gasteiger partial charge in [0.15, 0.2) is 0 Å². The fourth-order valence-electron chi connectivity index (χ4n) is 1.18. The lowest BCUT2D eigenvalue weighted by atomic mass is 10.1. The van der Waals surface area contributed by atoms with Gasteiger partial charge in [0, 0.05) is 4.88 Å². The predicted molar refractivity (Wildman–Crippen MR) is 55.0 cm³/mol. The van der Waals surface area contributed by atoms with Gasteiger partial charge in [0.1, 0.15) is 0 Å². The second kappa shape index (κ2) is 3.53. The molecule has 0 amide bonds. The van der Waals surface area contributed by atoms with Crippen LogP contribution in [0, 0.1) is 6.92 Å². The third-order valence-electron chi connectivity index (χ3n) is 1.92. The Morgan fingerprint density at radius 3 is 2.92 bits per heavy atom. The van der Waals surface area contributed by atoms with Crippen molar-refractivity contribution in [2.24, 2.45) is 5.73 Å². The fraction of sp³-hybridized carbons (Fsp3) is 0.250. The van der Waals surface area contributed by atoms with E-state index in [2.05, 4.69) is 28.0 Å². The minimum absolute atomic E-state index is 0.0637. The molecule has 5 heteroatoms. The van der Waals surface area contributed by atoms with Crippen LogP contribution in [-0.4, -0.2) is 9.59 Å². The van der Waals surface area contributed by atoms with E-state index in [0.717, 1.165) is 4.88 Å². The third kappa shape index (κ3) is 1.63. The average molecular weight is 211 g/mol. The molecule has 2 N–H and O–H groups in total. The summed E-state index contributed by atoms with van der Waals surface area (Å²) in [5.41, 5.74) is 7.22. The predicted octanol–water partition coefficient (Wildman–Crippen LogP) is 1.96. The molecule has 0 aliphatic carbocycles. The van der Waals surface area contributed by atoms with Gasteiger partial charge in [-0.2, -0.15) is 0 Å². The van der Waals surface area contributed by atoms with Gasteiger partial charge in [-0.05, 0) is 35.5 Å². The highest BCUT2D eigenvalue weighted by Crippen LogP contribution is 2.26. The summed E-state index contributed by atoms with van der Waals surface area (Å²) in [6.45, 7) is 2.08. The Hall–Kier alpha value is -0.780. The molecule has 2 heterocycles. The molecule has 0 bridgehead atoms. The molecule has 1 atom stereocenters. The van der Waals surface area contributed by atoms with Crippen molar-refractivity contribution in [1.82, 2.24) is 9.59 Å². The van der Waals surface area contributed by atoms with Gasteiger partial charge in [0.05, 0.1) is 17.1 Å². The van der Waals surface area contributed by atoms with E-state index in [1.165, 1.54) is 22.0 Å². The summed E-state index contributed by atoms with van der Waals surface area (Å²) in [4.78, 5) is 2.28. The molecule has 0 aliphatic rings. The van der Waals surface area contributed by atoms with E-state index in [9.17, 15) is 0 Å². The highest BCUT2D eigenvalue weighted by molar-refractivity contribution is 7.10. The Morgan fingerprint density at radius 1 is 1.54 bits per heavy atom. The summed E-state index contributed by atoms with van der Waals surface area (Å²) in [7, 11) is 0. The first-order valence-electron chi connectivity index (χ1n) is 3.86. The second-order valence-corrected chi connectivity index (χ2v) is 4.67. The highest BCUT2D eigenvalue weighted by Gasteiger charge is 2.13.